The van der Waals surface area contributed by atoms with E-state index in [-0.39, 0.29) is 17.9 Å². The summed E-state index contributed by atoms with van der Waals surface area (Å²) in [5, 5.41) is 0. The van der Waals surface area contributed by atoms with Crippen LogP contribution in [0, 0.1) is 19.8 Å². The van der Waals surface area contributed by atoms with Crippen molar-refractivity contribution in [3.63, 3.8) is 0 Å². The topological polar surface area (TPSA) is 55.6 Å². The summed E-state index contributed by atoms with van der Waals surface area (Å²) in [4.78, 5) is 14.3. The van der Waals surface area contributed by atoms with E-state index in [1.165, 1.54) is 0 Å². The molecule has 0 spiro atoms. The monoisotopic (exact) mass is 290 g/mol. The van der Waals surface area contributed by atoms with E-state index in [2.05, 4.69) is 12.1 Å². The van der Waals surface area contributed by atoms with Crippen molar-refractivity contribution in [1.29, 1.82) is 0 Å². The van der Waals surface area contributed by atoms with E-state index in [0.717, 1.165) is 41.7 Å². The van der Waals surface area contributed by atoms with Gasteiger partial charge in [-0.25, -0.2) is 0 Å². The molecule has 1 aromatic rings. The van der Waals surface area contributed by atoms with E-state index in [9.17, 15) is 4.79 Å². The van der Waals surface area contributed by atoms with E-state index >= 15 is 0 Å². The smallest absolute Gasteiger partial charge is 0.225 e. The van der Waals surface area contributed by atoms with Gasteiger partial charge in [-0.1, -0.05) is 12.1 Å². The summed E-state index contributed by atoms with van der Waals surface area (Å²) in [6, 6.07) is 4.38. The third-order valence-electron chi connectivity index (χ3n) is 4.34. The molecule has 1 fully saturated rings. The molecule has 1 aromatic carbocycles. The third kappa shape index (κ3) is 3.56. The van der Waals surface area contributed by atoms with Crippen LogP contribution in [0.5, 0.6) is 5.75 Å². The molecule has 0 saturated heterocycles. The van der Waals surface area contributed by atoms with Crippen molar-refractivity contribution in [1.82, 2.24) is 4.90 Å². The first-order valence-corrected chi connectivity index (χ1v) is 7.57. The van der Waals surface area contributed by atoms with Gasteiger partial charge in [-0.3, -0.25) is 4.79 Å². The Morgan fingerprint density at radius 1 is 1.33 bits per heavy atom. The van der Waals surface area contributed by atoms with Crippen LogP contribution in [-0.2, 0) is 11.3 Å². The maximum atomic E-state index is 12.4. The Balaban J connectivity index is 2.05. The second-order valence-corrected chi connectivity index (χ2v) is 6.23. The number of amides is 1. The number of ether oxygens (including phenoxy) is 1. The van der Waals surface area contributed by atoms with E-state index in [1.54, 1.807) is 7.11 Å². The first-order chi connectivity index (χ1) is 9.92. The third-order valence-corrected chi connectivity index (χ3v) is 4.34. The lowest BCUT2D eigenvalue weighted by Gasteiger charge is -2.22. The summed E-state index contributed by atoms with van der Waals surface area (Å²) < 4.78 is 5.38. The highest BCUT2D eigenvalue weighted by Crippen LogP contribution is 2.28. The normalized spacial score (nSPS) is 21.4. The standard InChI is InChI=1S/C17H26N2O2/c1-11-7-13(8-12(2)16(11)21-4)10-19(3)17(20)14-5-6-15(18)9-14/h7-8,14-15H,5-6,9-10,18H2,1-4H3/t14-,15+/m1/s1. The summed E-state index contributed by atoms with van der Waals surface area (Å²) in [7, 11) is 3.56. The van der Waals surface area contributed by atoms with Gasteiger partial charge in [-0.05, 0) is 49.8 Å². The minimum absolute atomic E-state index is 0.102. The van der Waals surface area contributed by atoms with Crippen molar-refractivity contribution in [3.05, 3.63) is 28.8 Å². The maximum Gasteiger partial charge on any atom is 0.225 e. The summed E-state index contributed by atoms with van der Waals surface area (Å²) in [6.07, 6.45) is 2.71. The lowest BCUT2D eigenvalue weighted by molar-refractivity contribution is -0.134. The van der Waals surface area contributed by atoms with E-state index in [1.807, 2.05) is 25.8 Å². The van der Waals surface area contributed by atoms with Crippen molar-refractivity contribution in [2.45, 2.75) is 45.7 Å². The molecule has 0 radical (unpaired) electrons. The molecular weight excluding hydrogens is 264 g/mol. The zero-order valence-electron chi connectivity index (χ0n) is 13.5. The molecule has 2 atom stereocenters. The first kappa shape index (κ1) is 15.8. The number of benzene rings is 1. The van der Waals surface area contributed by atoms with E-state index in [4.69, 9.17) is 10.5 Å². The van der Waals surface area contributed by atoms with Gasteiger partial charge in [0.2, 0.25) is 5.91 Å². The van der Waals surface area contributed by atoms with Gasteiger partial charge in [0.1, 0.15) is 5.75 Å². The molecule has 4 nitrogen and oxygen atoms in total. The first-order valence-electron chi connectivity index (χ1n) is 7.57. The van der Waals surface area contributed by atoms with Crippen molar-refractivity contribution in [2.75, 3.05) is 14.2 Å². The molecule has 1 aliphatic carbocycles. The summed E-state index contributed by atoms with van der Waals surface area (Å²) in [5.41, 5.74) is 9.26. The number of carbonyl (C=O) groups excluding carboxylic acids is 1. The van der Waals surface area contributed by atoms with Crippen LogP contribution in [0.2, 0.25) is 0 Å². The number of methoxy groups -OCH3 is 1. The van der Waals surface area contributed by atoms with Gasteiger partial charge in [0.25, 0.3) is 0 Å². The number of nitrogens with zero attached hydrogens (tertiary/aromatic N) is 1. The fourth-order valence-electron chi connectivity index (χ4n) is 3.36. The van der Waals surface area contributed by atoms with Gasteiger partial charge < -0.3 is 15.4 Å². The Morgan fingerprint density at radius 2 is 1.95 bits per heavy atom. The summed E-state index contributed by atoms with van der Waals surface area (Å²) in [6.45, 7) is 4.70. The second kappa shape index (κ2) is 6.48. The predicted molar refractivity (Wildman–Crippen MR) is 84.3 cm³/mol. The molecular formula is C17H26N2O2. The Labute approximate surface area is 127 Å². The Hall–Kier alpha value is -1.55. The molecule has 0 bridgehead atoms. The predicted octanol–water partition coefficient (Wildman–Crippen LogP) is 2.40. The van der Waals surface area contributed by atoms with Crippen LogP contribution in [0.25, 0.3) is 0 Å². The Morgan fingerprint density at radius 3 is 2.43 bits per heavy atom. The van der Waals surface area contributed by atoms with Crippen LogP contribution in [-0.4, -0.2) is 31.0 Å². The van der Waals surface area contributed by atoms with Crippen LogP contribution in [0.15, 0.2) is 12.1 Å². The fourth-order valence-corrected chi connectivity index (χ4v) is 3.36. The Bertz CT molecular complexity index is 505. The van der Waals surface area contributed by atoms with Crippen molar-refractivity contribution in [2.24, 2.45) is 11.7 Å². The quantitative estimate of drug-likeness (QED) is 0.926. The Kier molecular flexibility index (Phi) is 4.88. The van der Waals surface area contributed by atoms with E-state index < -0.39 is 0 Å². The zero-order chi connectivity index (χ0) is 15.6. The number of carbonyl (C=O) groups is 1. The molecule has 0 unspecified atom stereocenters. The summed E-state index contributed by atoms with van der Waals surface area (Å²) >= 11 is 0. The molecule has 0 aliphatic heterocycles. The number of aryl methyl sites for hydroxylation is 2. The maximum absolute atomic E-state index is 12.4. The largest absolute Gasteiger partial charge is 0.496 e. The molecule has 21 heavy (non-hydrogen) atoms. The average molecular weight is 290 g/mol. The van der Waals surface area contributed by atoms with Crippen LogP contribution in [0.3, 0.4) is 0 Å². The lowest BCUT2D eigenvalue weighted by Crippen LogP contribution is -2.32. The van der Waals surface area contributed by atoms with Crippen molar-refractivity contribution in [3.8, 4) is 5.75 Å². The molecule has 0 heterocycles. The highest BCUT2D eigenvalue weighted by molar-refractivity contribution is 5.79. The number of rotatable bonds is 4. The second-order valence-electron chi connectivity index (χ2n) is 6.23. The minimum Gasteiger partial charge on any atom is -0.496 e. The van der Waals surface area contributed by atoms with Crippen molar-refractivity contribution < 1.29 is 9.53 Å². The van der Waals surface area contributed by atoms with Gasteiger partial charge in [0, 0.05) is 25.6 Å². The molecule has 1 saturated carbocycles. The zero-order valence-corrected chi connectivity index (χ0v) is 13.5. The fraction of sp³-hybridized carbons (Fsp3) is 0.588. The average Bonchev–Trinajstić information content (AvgIpc) is 2.84. The molecule has 1 amide bonds. The van der Waals surface area contributed by atoms with Crippen LogP contribution in [0.4, 0.5) is 0 Å². The van der Waals surface area contributed by atoms with Gasteiger partial charge >= 0.3 is 0 Å². The molecule has 4 heteroatoms. The van der Waals surface area contributed by atoms with Gasteiger partial charge in [0.15, 0.2) is 0 Å². The SMILES string of the molecule is COc1c(C)cc(CN(C)C(=O)[C@@H]2CC[C@H](N)C2)cc1C. The number of nitrogens with two attached hydrogens (primary N) is 1. The summed E-state index contributed by atoms with van der Waals surface area (Å²) in [5.74, 6) is 1.24. The van der Waals surface area contributed by atoms with Crippen LogP contribution < -0.4 is 10.5 Å². The molecule has 0 aromatic heterocycles. The van der Waals surface area contributed by atoms with Crippen LogP contribution >= 0.6 is 0 Å². The van der Waals surface area contributed by atoms with Gasteiger partial charge in [-0.15, -0.1) is 0 Å². The number of hydrogen-bond acceptors (Lipinski definition) is 3. The minimum atomic E-state index is 0.102. The highest BCUT2D eigenvalue weighted by Gasteiger charge is 2.29. The van der Waals surface area contributed by atoms with E-state index in [0.29, 0.717) is 6.54 Å². The highest BCUT2D eigenvalue weighted by atomic mass is 16.5. The lowest BCUT2D eigenvalue weighted by atomic mass is 10.0. The van der Waals surface area contributed by atoms with Crippen molar-refractivity contribution >= 4 is 5.91 Å². The molecule has 2 N–H and O–H groups in total. The van der Waals surface area contributed by atoms with Crippen LogP contribution in [0.1, 0.15) is 36.0 Å². The van der Waals surface area contributed by atoms with Gasteiger partial charge in [0.05, 0.1) is 7.11 Å². The number of hydrogen-bond donors (Lipinski definition) is 1. The molecule has 1 aliphatic rings. The molecule has 2 rings (SSSR count). The van der Waals surface area contributed by atoms with Gasteiger partial charge in [-0.2, -0.15) is 0 Å². The molecule has 116 valence electrons.